The van der Waals surface area contributed by atoms with Crippen molar-refractivity contribution in [1.82, 2.24) is 4.67 Å². The van der Waals surface area contributed by atoms with E-state index in [0.29, 0.717) is 12.6 Å². The second kappa shape index (κ2) is 13.8. The molecule has 2 heterocycles. The molecule has 6 heteroatoms. The van der Waals surface area contributed by atoms with Gasteiger partial charge in [0.15, 0.2) is 0 Å². The number of para-hydroxylation sites is 1. The fourth-order valence-electron chi connectivity index (χ4n) is 4.21. The predicted octanol–water partition coefficient (Wildman–Crippen LogP) is 6.12. The van der Waals surface area contributed by atoms with Gasteiger partial charge in [-0.3, -0.25) is 4.99 Å². The summed E-state index contributed by atoms with van der Waals surface area (Å²) < 4.78 is 11.7. The van der Waals surface area contributed by atoms with Crippen LogP contribution < -0.4 is 4.67 Å². The molecule has 2 aliphatic carbocycles. The fourth-order valence-corrected chi connectivity index (χ4v) is 6.49. The summed E-state index contributed by atoms with van der Waals surface area (Å²) in [7, 11) is -0.768. The molecule has 0 bridgehead atoms. The molecule has 4 aliphatic rings. The molecule has 34 heavy (non-hydrogen) atoms. The van der Waals surface area contributed by atoms with Crippen LogP contribution >= 0.6 is 8.45 Å². The van der Waals surface area contributed by atoms with E-state index in [0.717, 1.165) is 19.0 Å². The van der Waals surface area contributed by atoms with Crippen molar-refractivity contribution in [3.8, 4) is 0 Å². The van der Waals surface area contributed by atoms with Gasteiger partial charge in [0.05, 0.1) is 12.6 Å². The van der Waals surface area contributed by atoms with E-state index in [1.165, 1.54) is 18.5 Å². The molecule has 4 fully saturated rings. The minimum atomic E-state index is -0.768. The molecule has 0 N–H and O–H groups in total. The second-order valence-electron chi connectivity index (χ2n) is 9.77. The third-order valence-electron chi connectivity index (χ3n) is 6.21. The molecule has 3 atom stereocenters. The van der Waals surface area contributed by atoms with Crippen LogP contribution in [0, 0.1) is 69.1 Å². The third kappa shape index (κ3) is 7.78. The SMILES string of the molecule is CC(C)(C)[C@@H](CO[P@]1N(c2ccccc2)C[C@@H]2CCCN21)N=C[C]1[CH][CH][CH][CH]1.[CH]1[CH][CH][CH][CH]1.[Fe+2]. The summed E-state index contributed by atoms with van der Waals surface area (Å²) in [5, 5.41) is 0. The topological polar surface area (TPSA) is 28.1 Å². The van der Waals surface area contributed by atoms with Gasteiger partial charge in [-0.1, -0.05) is 39.0 Å². The first kappa shape index (κ1) is 28.1. The molecule has 0 amide bonds. The van der Waals surface area contributed by atoms with Gasteiger partial charge in [0.1, 0.15) is 0 Å². The summed E-state index contributed by atoms with van der Waals surface area (Å²) in [6.45, 7) is 9.62. The molecular formula is C28H36FeN3OP+2. The first-order chi connectivity index (χ1) is 16.0. The van der Waals surface area contributed by atoms with Crippen LogP contribution in [-0.2, 0) is 21.6 Å². The molecule has 1 aromatic carbocycles. The van der Waals surface area contributed by atoms with E-state index in [2.05, 4.69) is 86.1 Å². The molecule has 0 unspecified atom stereocenters. The van der Waals surface area contributed by atoms with E-state index in [1.807, 2.05) is 38.3 Å². The smallest absolute Gasteiger partial charge is 0.325 e. The van der Waals surface area contributed by atoms with Crippen molar-refractivity contribution in [3.63, 3.8) is 0 Å². The Morgan fingerprint density at radius 1 is 1.03 bits per heavy atom. The maximum atomic E-state index is 6.65. The molecule has 0 spiro atoms. The standard InChI is InChI=1S/C23H31N3OP.C5H5.Fe/c1-23(2,3)22(24-16-19-10-7-8-11-19)18-27-28-25-15-9-14-21(25)17-26(28)20-12-5-4-6-13-20;1-2-4-5-3-1;/h4-8,10-13,16,21-22H,9,14-15,17-18H2,1-3H3;1-5H;/q;;+2/t21-,22+,28-;;/m0../s1. The summed E-state index contributed by atoms with van der Waals surface area (Å²) in [4.78, 5) is 4.91. The maximum Gasteiger partial charge on any atom is 2.00 e. The van der Waals surface area contributed by atoms with Gasteiger partial charge in [0.2, 0.25) is 8.45 Å². The van der Waals surface area contributed by atoms with Gasteiger partial charge in [-0.05, 0) is 88.2 Å². The molecule has 180 valence electrons. The fraction of sp³-hybridized carbons (Fsp3) is 0.393. The predicted molar refractivity (Wildman–Crippen MR) is 140 cm³/mol. The van der Waals surface area contributed by atoms with Crippen molar-refractivity contribution >= 4 is 20.4 Å². The van der Waals surface area contributed by atoms with Crippen LogP contribution in [0.15, 0.2) is 35.3 Å². The van der Waals surface area contributed by atoms with Crippen molar-refractivity contribution < 1.29 is 21.6 Å². The largest absolute Gasteiger partial charge is 2.00 e. The normalized spacial score (nSPS) is 26.4. The molecule has 0 aromatic heterocycles. The van der Waals surface area contributed by atoms with E-state index in [-0.39, 0.29) is 28.5 Å². The van der Waals surface area contributed by atoms with Gasteiger partial charge < -0.3 is 9.19 Å². The molecule has 4 nitrogen and oxygen atoms in total. The van der Waals surface area contributed by atoms with E-state index >= 15 is 0 Å². The Balaban J connectivity index is 0.000000481. The monoisotopic (exact) mass is 517 g/mol. The van der Waals surface area contributed by atoms with E-state index in [9.17, 15) is 0 Å². The maximum absolute atomic E-state index is 6.65. The molecule has 2 aliphatic heterocycles. The van der Waals surface area contributed by atoms with Crippen LogP contribution in [0.5, 0.6) is 0 Å². The van der Waals surface area contributed by atoms with Crippen LogP contribution in [0.4, 0.5) is 5.69 Å². The van der Waals surface area contributed by atoms with Crippen molar-refractivity contribution in [2.24, 2.45) is 10.4 Å². The van der Waals surface area contributed by atoms with Gasteiger partial charge in [-0.25, -0.2) is 4.67 Å². The first-order valence-electron chi connectivity index (χ1n) is 12.0. The van der Waals surface area contributed by atoms with Crippen LogP contribution in [0.25, 0.3) is 0 Å². The van der Waals surface area contributed by atoms with Crippen LogP contribution in [0.3, 0.4) is 0 Å². The van der Waals surface area contributed by atoms with Gasteiger partial charge in [-0.15, -0.1) is 0 Å². The quantitative estimate of drug-likeness (QED) is 0.259. The summed E-state index contributed by atoms with van der Waals surface area (Å²) >= 11 is 0. The minimum Gasteiger partial charge on any atom is -0.325 e. The van der Waals surface area contributed by atoms with Crippen molar-refractivity contribution in [2.45, 2.75) is 45.7 Å². The summed E-state index contributed by atoms with van der Waals surface area (Å²) in [6.07, 6.45) is 22.9. The van der Waals surface area contributed by atoms with Crippen LogP contribution in [-0.4, -0.2) is 42.7 Å². The van der Waals surface area contributed by atoms with Crippen molar-refractivity contribution in [3.05, 3.63) is 94.0 Å². The van der Waals surface area contributed by atoms with Crippen molar-refractivity contribution in [1.29, 1.82) is 0 Å². The van der Waals surface area contributed by atoms with Gasteiger partial charge in [0.25, 0.3) is 0 Å². The zero-order valence-corrected chi connectivity index (χ0v) is 22.4. The Kier molecular flexibility index (Phi) is 11.4. The Morgan fingerprint density at radius 2 is 1.68 bits per heavy atom. The second-order valence-corrected chi connectivity index (χ2v) is 11.5. The van der Waals surface area contributed by atoms with Crippen LogP contribution in [0.2, 0.25) is 0 Å². The minimum absolute atomic E-state index is 0. The average Bonchev–Trinajstić information content (AvgIpc) is 3.61. The average molecular weight is 517 g/mol. The third-order valence-corrected chi connectivity index (χ3v) is 8.36. The number of benzene rings is 1. The van der Waals surface area contributed by atoms with Gasteiger partial charge in [0, 0.05) is 37.0 Å². The molecule has 2 saturated carbocycles. The Bertz CT molecular complexity index is 723. The zero-order valence-electron chi connectivity index (χ0n) is 20.4. The van der Waals surface area contributed by atoms with E-state index in [1.54, 1.807) is 0 Å². The molecule has 10 radical (unpaired) electrons. The molecule has 2 saturated heterocycles. The Morgan fingerprint density at radius 3 is 2.29 bits per heavy atom. The van der Waals surface area contributed by atoms with E-state index in [4.69, 9.17) is 9.52 Å². The van der Waals surface area contributed by atoms with Gasteiger partial charge in [-0.2, -0.15) is 0 Å². The number of aliphatic imine (C=N–C) groups is 1. The number of anilines is 1. The number of hydrogen-bond donors (Lipinski definition) is 0. The number of rotatable bonds is 6. The molecule has 5 rings (SSSR count). The van der Waals surface area contributed by atoms with E-state index < -0.39 is 8.45 Å². The summed E-state index contributed by atoms with van der Waals surface area (Å²) in [6, 6.07) is 11.5. The molecular weight excluding hydrogens is 481 g/mol. The molecule has 1 aromatic rings. The van der Waals surface area contributed by atoms with Gasteiger partial charge >= 0.3 is 17.1 Å². The Hall–Kier alpha value is -0.441. The zero-order chi connectivity index (χ0) is 23.1. The summed E-state index contributed by atoms with van der Waals surface area (Å²) in [5.41, 5.74) is 1.33. The first-order valence-corrected chi connectivity index (χ1v) is 13.1. The number of nitrogens with zero attached hydrogens (tertiary/aromatic N) is 3. The summed E-state index contributed by atoms with van der Waals surface area (Å²) in [5.74, 6) is 1.16. The van der Waals surface area contributed by atoms with Crippen molar-refractivity contribution in [2.75, 3.05) is 24.4 Å². The number of hydrogen-bond acceptors (Lipinski definition) is 4. The number of fused-ring (bicyclic) bond motifs is 1. The Labute approximate surface area is 220 Å². The van der Waals surface area contributed by atoms with Crippen LogP contribution in [0.1, 0.15) is 33.6 Å².